The van der Waals surface area contributed by atoms with Gasteiger partial charge < -0.3 is 10.2 Å². The summed E-state index contributed by atoms with van der Waals surface area (Å²) in [5.74, 6) is 0.783. The molecule has 4 nitrogen and oxygen atoms in total. The molecule has 0 aromatic heterocycles. The zero-order chi connectivity index (χ0) is 12.0. The first-order valence-corrected chi connectivity index (χ1v) is 6.05. The average molecular weight is 226 g/mol. The molecule has 1 amide bonds. The van der Waals surface area contributed by atoms with E-state index in [9.17, 15) is 9.59 Å². The van der Waals surface area contributed by atoms with Gasteiger partial charge in [-0.15, -0.1) is 0 Å². The summed E-state index contributed by atoms with van der Waals surface area (Å²) in [6, 6.07) is 0. The molecule has 0 saturated heterocycles. The zero-order valence-electron chi connectivity index (χ0n) is 10.3. The Hall–Kier alpha value is -0.900. The Balaban J connectivity index is 2.12. The molecule has 1 rings (SSSR count). The van der Waals surface area contributed by atoms with Gasteiger partial charge >= 0.3 is 0 Å². The summed E-state index contributed by atoms with van der Waals surface area (Å²) in [6.07, 6.45) is 4.37. The van der Waals surface area contributed by atoms with Gasteiger partial charge in [-0.3, -0.25) is 9.59 Å². The number of carbonyl (C=O) groups excluding carboxylic acids is 2. The lowest BCUT2D eigenvalue weighted by Gasteiger charge is -2.17. The molecule has 16 heavy (non-hydrogen) atoms. The van der Waals surface area contributed by atoms with Crippen LogP contribution in [-0.2, 0) is 9.59 Å². The Morgan fingerprint density at radius 2 is 2.25 bits per heavy atom. The van der Waals surface area contributed by atoms with Crippen molar-refractivity contribution in [2.45, 2.75) is 32.1 Å². The second-order valence-electron chi connectivity index (χ2n) is 4.57. The van der Waals surface area contributed by atoms with Crippen molar-refractivity contribution in [2.75, 3.05) is 27.2 Å². The van der Waals surface area contributed by atoms with Crippen LogP contribution in [0.25, 0.3) is 0 Å². The van der Waals surface area contributed by atoms with Crippen molar-refractivity contribution in [1.82, 2.24) is 10.2 Å². The van der Waals surface area contributed by atoms with E-state index in [0.29, 0.717) is 12.2 Å². The van der Waals surface area contributed by atoms with Gasteiger partial charge in [0.25, 0.3) is 0 Å². The molecule has 0 aromatic rings. The predicted octanol–water partition coefficient (Wildman–Crippen LogP) is 0.814. The fourth-order valence-electron chi connectivity index (χ4n) is 2.10. The standard InChI is InChI=1S/C12H22N2O2/c1-13-12(16)7-9-14(2)8-6-10-4-3-5-11(10)15/h10H,3-9H2,1-2H3,(H,13,16). The average Bonchev–Trinajstić information content (AvgIpc) is 2.69. The quantitative estimate of drug-likeness (QED) is 0.729. The van der Waals surface area contributed by atoms with Crippen molar-refractivity contribution in [1.29, 1.82) is 0 Å². The molecular weight excluding hydrogens is 204 g/mol. The number of Topliss-reactive ketones (excluding diaryl/α,β-unsaturated/α-hetero) is 1. The number of rotatable bonds is 6. The Kier molecular flexibility index (Phi) is 5.46. The normalized spacial score (nSPS) is 20.4. The Morgan fingerprint density at radius 3 is 2.81 bits per heavy atom. The minimum Gasteiger partial charge on any atom is -0.359 e. The molecule has 1 atom stereocenters. The first-order chi connectivity index (χ1) is 7.63. The van der Waals surface area contributed by atoms with Crippen LogP contribution in [0.2, 0.25) is 0 Å². The molecule has 4 heteroatoms. The van der Waals surface area contributed by atoms with Crippen molar-refractivity contribution >= 4 is 11.7 Å². The predicted molar refractivity (Wildman–Crippen MR) is 63.1 cm³/mol. The van der Waals surface area contributed by atoms with Gasteiger partial charge in [-0.25, -0.2) is 0 Å². The summed E-state index contributed by atoms with van der Waals surface area (Å²) in [7, 11) is 3.65. The SMILES string of the molecule is CNC(=O)CCN(C)CCC1CCCC1=O. The summed E-state index contributed by atoms with van der Waals surface area (Å²) >= 11 is 0. The van der Waals surface area contributed by atoms with Gasteiger partial charge in [0, 0.05) is 32.4 Å². The molecule has 92 valence electrons. The molecule has 1 fully saturated rings. The first-order valence-electron chi connectivity index (χ1n) is 6.05. The van der Waals surface area contributed by atoms with E-state index in [-0.39, 0.29) is 11.8 Å². The molecule has 0 bridgehead atoms. The number of nitrogens with zero attached hydrogens (tertiary/aromatic N) is 1. The van der Waals surface area contributed by atoms with Crippen LogP contribution in [0.4, 0.5) is 0 Å². The largest absolute Gasteiger partial charge is 0.359 e. The van der Waals surface area contributed by atoms with Gasteiger partial charge in [0.05, 0.1) is 0 Å². The number of ketones is 1. The van der Waals surface area contributed by atoms with Crippen molar-refractivity contribution in [2.24, 2.45) is 5.92 Å². The highest BCUT2D eigenvalue weighted by Gasteiger charge is 2.23. The van der Waals surface area contributed by atoms with Gasteiger partial charge in [0.2, 0.25) is 5.91 Å². The van der Waals surface area contributed by atoms with E-state index in [0.717, 1.165) is 38.8 Å². The summed E-state index contributed by atoms with van der Waals surface area (Å²) in [6.45, 7) is 1.67. The van der Waals surface area contributed by atoms with E-state index >= 15 is 0 Å². The number of nitrogens with one attached hydrogen (secondary N) is 1. The molecule has 0 heterocycles. The van der Waals surface area contributed by atoms with Gasteiger partial charge in [0.1, 0.15) is 5.78 Å². The molecule has 1 N–H and O–H groups in total. The van der Waals surface area contributed by atoms with Crippen LogP contribution < -0.4 is 5.32 Å². The lowest BCUT2D eigenvalue weighted by atomic mass is 10.0. The first kappa shape index (κ1) is 13.2. The van der Waals surface area contributed by atoms with E-state index in [1.807, 2.05) is 7.05 Å². The number of carbonyl (C=O) groups is 2. The minimum atomic E-state index is 0.0730. The van der Waals surface area contributed by atoms with Crippen LogP contribution in [0, 0.1) is 5.92 Å². The van der Waals surface area contributed by atoms with E-state index in [1.165, 1.54) is 0 Å². The molecular formula is C12H22N2O2. The summed E-state index contributed by atoms with van der Waals surface area (Å²) in [5, 5.41) is 2.60. The smallest absolute Gasteiger partial charge is 0.221 e. The van der Waals surface area contributed by atoms with Crippen LogP contribution in [0.3, 0.4) is 0 Å². The van der Waals surface area contributed by atoms with Crippen LogP contribution in [-0.4, -0.2) is 43.8 Å². The van der Waals surface area contributed by atoms with Crippen molar-refractivity contribution < 1.29 is 9.59 Å². The van der Waals surface area contributed by atoms with Crippen LogP contribution in [0.1, 0.15) is 32.1 Å². The number of hydrogen-bond donors (Lipinski definition) is 1. The molecule has 0 aliphatic heterocycles. The number of hydrogen-bond acceptors (Lipinski definition) is 3. The molecule has 1 aliphatic rings. The highest BCUT2D eigenvalue weighted by atomic mass is 16.1. The fourth-order valence-corrected chi connectivity index (χ4v) is 2.10. The highest BCUT2D eigenvalue weighted by molar-refractivity contribution is 5.82. The monoisotopic (exact) mass is 226 g/mol. The fraction of sp³-hybridized carbons (Fsp3) is 0.833. The lowest BCUT2D eigenvalue weighted by molar-refractivity contribution is -0.122. The maximum absolute atomic E-state index is 11.4. The van der Waals surface area contributed by atoms with E-state index in [4.69, 9.17) is 0 Å². The molecule has 1 unspecified atom stereocenters. The topological polar surface area (TPSA) is 49.4 Å². The van der Waals surface area contributed by atoms with E-state index in [2.05, 4.69) is 10.2 Å². The van der Waals surface area contributed by atoms with Gasteiger partial charge in [-0.1, -0.05) is 0 Å². The third kappa shape index (κ3) is 4.31. The number of amides is 1. The maximum Gasteiger partial charge on any atom is 0.221 e. The second-order valence-corrected chi connectivity index (χ2v) is 4.57. The van der Waals surface area contributed by atoms with Crippen molar-refractivity contribution in [3.63, 3.8) is 0 Å². The Labute approximate surface area is 97.4 Å². The van der Waals surface area contributed by atoms with E-state index in [1.54, 1.807) is 7.05 Å². The van der Waals surface area contributed by atoms with Crippen LogP contribution in [0.5, 0.6) is 0 Å². The molecule has 0 aromatic carbocycles. The third-order valence-corrected chi connectivity index (χ3v) is 3.29. The molecule has 0 spiro atoms. The summed E-state index contributed by atoms with van der Waals surface area (Å²) in [5.41, 5.74) is 0. The van der Waals surface area contributed by atoms with Gasteiger partial charge in [-0.05, 0) is 32.9 Å². The van der Waals surface area contributed by atoms with Crippen LogP contribution >= 0.6 is 0 Å². The van der Waals surface area contributed by atoms with Crippen molar-refractivity contribution in [3.8, 4) is 0 Å². The maximum atomic E-state index is 11.4. The molecule has 1 saturated carbocycles. The molecule has 1 aliphatic carbocycles. The second kappa shape index (κ2) is 6.63. The minimum absolute atomic E-state index is 0.0730. The molecule has 0 radical (unpaired) electrons. The Bertz CT molecular complexity index is 253. The van der Waals surface area contributed by atoms with E-state index < -0.39 is 0 Å². The Morgan fingerprint density at radius 1 is 1.50 bits per heavy atom. The lowest BCUT2D eigenvalue weighted by Crippen LogP contribution is -2.28. The van der Waals surface area contributed by atoms with Crippen molar-refractivity contribution in [3.05, 3.63) is 0 Å². The third-order valence-electron chi connectivity index (χ3n) is 3.29. The van der Waals surface area contributed by atoms with Gasteiger partial charge in [-0.2, -0.15) is 0 Å². The summed E-state index contributed by atoms with van der Waals surface area (Å²) < 4.78 is 0. The summed E-state index contributed by atoms with van der Waals surface area (Å²) in [4.78, 5) is 24.6. The highest BCUT2D eigenvalue weighted by Crippen LogP contribution is 2.24. The van der Waals surface area contributed by atoms with Gasteiger partial charge in [0.15, 0.2) is 0 Å². The zero-order valence-corrected chi connectivity index (χ0v) is 10.3. The van der Waals surface area contributed by atoms with Crippen LogP contribution in [0.15, 0.2) is 0 Å².